The van der Waals surface area contributed by atoms with Crippen LogP contribution in [-0.2, 0) is 4.79 Å². The smallest absolute Gasteiger partial charge is 0.226 e. The Bertz CT molecular complexity index is 653. The van der Waals surface area contributed by atoms with E-state index >= 15 is 0 Å². The fraction of sp³-hybridized carbons (Fsp3) is 0.278. The van der Waals surface area contributed by atoms with Crippen LogP contribution >= 0.6 is 0 Å². The number of methoxy groups -OCH3 is 1. The molecule has 0 atom stereocenters. The van der Waals surface area contributed by atoms with Gasteiger partial charge in [0.1, 0.15) is 5.75 Å². The monoisotopic (exact) mass is 298 g/mol. The van der Waals surface area contributed by atoms with Crippen molar-refractivity contribution in [3.8, 4) is 5.75 Å². The zero-order valence-corrected chi connectivity index (χ0v) is 13.3. The molecule has 0 radical (unpaired) electrons. The van der Waals surface area contributed by atoms with Crippen LogP contribution in [0.3, 0.4) is 0 Å². The number of anilines is 2. The van der Waals surface area contributed by atoms with E-state index in [-0.39, 0.29) is 5.91 Å². The van der Waals surface area contributed by atoms with Gasteiger partial charge in [-0.3, -0.25) is 4.79 Å². The Kier molecular flexibility index (Phi) is 5.42. The lowest BCUT2D eigenvalue weighted by Crippen LogP contribution is -2.17. The standard InChI is InChI=1S/C18H22N2O2/c1-13-8-9-15(14(2)12-13)19-11-10-18(21)20-16-6-4-5-7-17(16)22-3/h4-9,12,19H,10-11H2,1-3H3,(H,20,21). The van der Waals surface area contributed by atoms with E-state index in [0.717, 1.165) is 5.69 Å². The Labute approximate surface area is 131 Å². The molecule has 4 nitrogen and oxygen atoms in total. The lowest BCUT2D eigenvalue weighted by atomic mass is 10.1. The van der Waals surface area contributed by atoms with Crippen molar-refractivity contribution in [2.75, 3.05) is 24.3 Å². The molecule has 0 unspecified atom stereocenters. The SMILES string of the molecule is COc1ccccc1NC(=O)CCNc1ccc(C)cc1C. The molecule has 0 aromatic heterocycles. The van der Waals surface area contributed by atoms with Gasteiger partial charge in [-0.25, -0.2) is 0 Å². The first-order valence-corrected chi connectivity index (χ1v) is 7.34. The normalized spacial score (nSPS) is 10.1. The van der Waals surface area contributed by atoms with Crippen LogP contribution < -0.4 is 15.4 Å². The Morgan fingerprint density at radius 2 is 1.86 bits per heavy atom. The molecular formula is C18H22N2O2. The predicted molar refractivity (Wildman–Crippen MR) is 90.6 cm³/mol. The molecule has 0 heterocycles. The Hall–Kier alpha value is -2.49. The highest BCUT2D eigenvalue weighted by molar-refractivity contribution is 5.92. The summed E-state index contributed by atoms with van der Waals surface area (Å²) >= 11 is 0. The number of hydrogen-bond donors (Lipinski definition) is 2. The number of rotatable bonds is 6. The summed E-state index contributed by atoms with van der Waals surface area (Å²) in [5.41, 5.74) is 4.18. The number of para-hydroxylation sites is 2. The number of ether oxygens (including phenoxy) is 1. The van der Waals surface area contributed by atoms with E-state index in [9.17, 15) is 4.79 Å². The quantitative estimate of drug-likeness (QED) is 0.854. The summed E-state index contributed by atoms with van der Waals surface area (Å²) in [5, 5.41) is 6.16. The average molecular weight is 298 g/mol. The molecular weight excluding hydrogens is 276 g/mol. The van der Waals surface area contributed by atoms with Crippen molar-refractivity contribution >= 4 is 17.3 Å². The van der Waals surface area contributed by atoms with Gasteiger partial charge in [-0.05, 0) is 37.6 Å². The molecule has 0 saturated heterocycles. The minimum Gasteiger partial charge on any atom is -0.495 e. The van der Waals surface area contributed by atoms with Crippen molar-refractivity contribution in [3.05, 3.63) is 53.6 Å². The minimum absolute atomic E-state index is 0.0400. The molecule has 1 amide bonds. The van der Waals surface area contributed by atoms with Crippen molar-refractivity contribution in [1.29, 1.82) is 0 Å². The molecule has 0 aliphatic rings. The van der Waals surface area contributed by atoms with Crippen LogP contribution in [0.25, 0.3) is 0 Å². The zero-order valence-electron chi connectivity index (χ0n) is 13.3. The van der Waals surface area contributed by atoms with Gasteiger partial charge in [0.15, 0.2) is 0 Å². The summed E-state index contributed by atoms with van der Waals surface area (Å²) < 4.78 is 5.22. The topological polar surface area (TPSA) is 50.4 Å². The van der Waals surface area contributed by atoms with E-state index in [2.05, 4.69) is 36.6 Å². The van der Waals surface area contributed by atoms with Gasteiger partial charge in [0.2, 0.25) is 5.91 Å². The Morgan fingerprint density at radius 3 is 2.59 bits per heavy atom. The van der Waals surface area contributed by atoms with Crippen LogP contribution in [0.15, 0.2) is 42.5 Å². The molecule has 0 aliphatic carbocycles. The van der Waals surface area contributed by atoms with Crippen LogP contribution in [0.5, 0.6) is 5.75 Å². The van der Waals surface area contributed by atoms with E-state index < -0.39 is 0 Å². The summed E-state index contributed by atoms with van der Waals surface area (Å²) in [7, 11) is 1.59. The summed E-state index contributed by atoms with van der Waals surface area (Å²) in [6, 6.07) is 13.6. The predicted octanol–water partition coefficient (Wildman–Crippen LogP) is 3.75. The van der Waals surface area contributed by atoms with Crippen molar-refractivity contribution < 1.29 is 9.53 Å². The minimum atomic E-state index is -0.0400. The van der Waals surface area contributed by atoms with Gasteiger partial charge in [-0.15, -0.1) is 0 Å². The van der Waals surface area contributed by atoms with Gasteiger partial charge in [0.05, 0.1) is 12.8 Å². The van der Waals surface area contributed by atoms with Gasteiger partial charge in [0, 0.05) is 18.7 Å². The Balaban J connectivity index is 1.85. The van der Waals surface area contributed by atoms with Gasteiger partial charge in [-0.2, -0.15) is 0 Å². The second-order valence-electron chi connectivity index (χ2n) is 5.24. The first-order valence-electron chi connectivity index (χ1n) is 7.34. The number of hydrogen-bond acceptors (Lipinski definition) is 3. The maximum absolute atomic E-state index is 12.0. The summed E-state index contributed by atoms with van der Waals surface area (Å²) in [6.07, 6.45) is 0.394. The number of benzene rings is 2. The van der Waals surface area contributed by atoms with Crippen LogP contribution in [0.1, 0.15) is 17.5 Å². The summed E-state index contributed by atoms with van der Waals surface area (Å²) in [5.74, 6) is 0.625. The number of carbonyl (C=O) groups excluding carboxylic acids is 1. The molecule has 2 aromatic rings. The molecule has 0 spiro atoms. The number of amides is 1. The van der Waals surface area contributed by atoms with Crippen LogP contribution in [0.2, 0.25) is 0 Å². The molecule has 2 N–H and O–H groups in total. The van der Waals surface area contributed by atoms with Crippen LogP contribution in [0.4, 0.5) is 11.4 Å². The molecule has 2 aromatic carbocycles. The summed E-state index contributed by atoms with van der Waals surface area (Å²) in [6.45, 7) is 4.71. The molecule has 0 fully saturated rings. The van der Waals surface area contributed by atoms with Crippen molar-refractivity contribution in [2.24, 2.45) is 0 Å². The second-order valence-corrected chi connectivity index (χ2v) is 5.24. The largest absolute Gasteiger partial charge is 0.495 e. The van der Waals surface area contributed by atoms with E-state index in [0.29, 0.717) is 24.4 Å². The van der Waals surface area contributed by atoms with E-state index in [1.807, 2.05) is 30.3 Å². The van der Waals surface area contributed by atoms with Gasteiger partial charge < -0.3 is 15.4 Å². The van der Waals surface area contributed by atoms with Crippen molar-refractivity contribution in [1.82, 2.24) is 0 Å². The first kappa shape index (κ1) is 15.9. The van der Waals surface area contributed by atoms with Crippen LogP contribution in [-0.4, -0.2) is 19.6 Å². The fourth-order valence-electron chi connectivity index (χ4n) is 2.28. The molecule has 0 bridgehead atoms. The molecule has 22 heavy (non-hydrogen) atoms. The van der Waals surface area contributed by atoms with Gasteiger partial charge in [-0.1, -0.05) is 29.8 Å². The Morgan fingerprint density at radius 1 is 1.09 bits per heavy atom. The molecule has 4 heteroatoms. The lowest BCUT2D eigenvalue weighted by molar-refractivity contribution is -0.116. The van der Waals surface area contributed by atoms with Gasteiger partial charge in [0.25, 0.3) is 0 Å². The highest BCUT2D eigenvalue weighted by atomic mass is 16.5. The highest BCUT2D eigenvalue weighted by Gasteiger charge is 2.07. The first-order chi connectivity index (χ1) is 10.6. The number of nitrogens with one attached hydrogen (secondary N) is 2. The van der Waals surface area contributed by atoms with Gasteiger partial charge >= 0.3 is 0 Å². The molecule has 0 saturated carbocycles. The average Bonchev–Trinajstić information content (AvgIpc) is 2.50. The van der Waals surface area contributed by atoms with Crippen molar-refractivity contribution in [2.45, 2.75) is 20.3 Å². The zero-order chi connectivity index (χ0) is 15.9. The third-order valence-corrected chi connectivity index (χ3v) is 3.43. The molecule has 2 rings (SSSR count). The van der Waals surface area contributed by atoms with E-state index in [1.165, 1.54) is 11.1 Å². The second kappa shape index (κ2) is 7.50. The van der Waals surface area contributed by atoms with Crippen LogP contribution in [0, 0.1) is 13.8 Å². The van der Waals surface area contributed by atoms with E-state index in [1.54, 1.807) is 7.11 Å². The third-order valence-electron chi connectivity index (χ3n) is 3.43. The fourth-order valence-corrected chi connectivity index (χ4v) is 2.28. The number of aryl methyl sites for hydroxylation is 2. The van der Waals surface area contributed by atoms with Crippen molar-refractivity contribution in [3.63, 3.8) is 0 Å². The maximum atomic E-state index is 12.0. The third kappa shape index (κ3) is 4.25. The lowest BCUT2D eigenvalue weighted by Gasteiger charge is -2.12. The highest BCUT2D eigenvalue weighted by Crippen LogP contribution is 2.23. The number of carbonyl (C=O) groups is 1. The maximum Gasteiger partial charge on any atom is 0.226 e. The summed E-state index contributed by atoms with van der Waals surface area (Å²) in [4.78, 5) is 12.0. The molecule has 116 valence electrons. The van der Waals surface area contributed by atoms with E-state index in [4.69, 9.17) is 4.74 Å². The molecule has 0 aliphatic heterocycles.